The highest BCUT2D eigenvalue weighted by Crippen LogP contribution is 2.69. The van der Waals surface area contributed by atoms with Crippen LogP contribution in [0.25, 0.3) is 0 Å². The van der Waals surface area contributed by atoms with Crippen molar-refractivity contribution in [2.24, 2.45) is 86.3 Å². The van der Waals surface area contributed by atoms with E-state index < -0.39 is 24.1 Å². The Morgan fingerprint density at radius 2 is 0.849 bits per heavy atom. The Morgan fingerprint density at radius 1 is 0.437 bits per heavy atom. The maximum absolute atomic E-state index is 12.3. The summed E-state index contributed by atoms with van der Waals surface area (Å²) in [4.78, 5) is 36.0. The SMILES string of the molecule is C.C.C.C.C.CC(=O)O[C@H]1[C@H](O)[C@H](O)C2C3CCc4cc(C)ccc4C3CC[C@@]21C.C[C@]12CCC3c4ccc(O)cc4CCC3C1C=CC21OCCO1.C[C@]12CCC3c4ccc(O)cc4CCC3C1CCC2=O.Cc1ccc2c(c1)CCC1C2CC[C@@]2(C)C1CCC21OCCO1.Cc1ccc2c(c1)CCC1C2CC[C@]2(C)C(=O)C=CC12.I.II. The Morgan fingerprint density at radius 3 is 1.36 bits per heavy atom. The molecule has 5 aromatic carbocycles. The maximum atomic E-state index is 12.3. The van der Waals surface area contributed by atoms with Gasteiger partial charge in [0.25, 0.3) is 0 Å². The van der Waals surface area contributed by atoms with E-state index in [1.807, 2.05) is 30.3 Å². The zero-order chi connectivity index (χ0) is 79.1. The minimum absolute atomic E-state index is 0. The number of hydrogen-bond acceptors (Lipinski definition) is 12. The number of aryl methyl sites for hydroxylation is 8. The molecule has 17 aliphatic rings. The number of rotatable bonds is 1. The molecule has 2 spiro atoms. The van der Waals surface area contributed by atoms with E-state index in [0.717, 1.165) is 114 Å². The number of phenolic OH excluding ortho intramolecular Hbond substituents is 2. The standard InChI is InChI=1S/C21H28O4.C21H28O2.C20H24O3.C19H22O.C18H22O2.5CH4.I2.HI/c1-11-4-6-14-13(10-11)5-7-16-15(14)8-9-21(3)17(16)18(23)19(24)20(21)25-12(2)22;1-14-3-5-16-15(13-14)4-6-18-17(16)7-9-20(2)19(18)8-10-21(20)22-11-12-23-21;1-19-8-6-16-15-5-3-14(21)12-13(15)2-4-17(16)18(19)7-9-20(19)22-10-11-23-20;1-12-3-5-14-13(11-12)4-6-16-15(14)9-10-19(2)17(16)7-8-18(19)20;1-18-9-8-14-13-5-3-12(19)10-11(13)2-4-15(14)16(18)6-7-17(18)20;;;;;;1-2;/h4,6,10,15-20,23-24H,5,7-9H2,1-3H3;3,5,13,17-19H,4,6-12H2,1-2H3;3,5,7,9,12,16-18,21H,2,4,6,8,10-11H2,1H3;3,5,7-8,11,15-17H,4,6,9-10H2,1-2H3;3,5,10,14-16,19H,2,4,6-9H2,1H3;5*1H4;;1H/t15?,16?,17?,18-,19-,20+,21+;17?,18?,19?,20-;16?,17?,18?,19-;15?,16?,17?,19-;14?,15?,16?,18-;;;;;;;/m10000......./s1. The first-order valence-electron chi connectivity index (χ1n) is 43.9. The van der Waals surface area contributed by atoms with Crippen LogP contribution >= 0.6 is 61.2 Å². The van der Waals surface area contributed by atoms with Crippen LogP contribution in [-0.4, -0.2) is 94.3 Å². The van der Waals surface area contributed by atoms with Gasteiger partial charge < -0.3 is 44.1 Å². The Kier molecular flexibility index (Phi) is 29.8. The van der Waals surface area contributed by atoms with Crippen LogP contribution in [0.2, 0.25) is 0 Å². The number of phenols is 2. The molecule has 22 rings (SSSR count). The first-order chi connectivity index (χ1) is 54.3. The second-order valence-corrected chi connectivity index (χ2v) is 39.5. The highest BCUT2D eigenvalue weighted by Gasteiger charge is 2.68. The summed E-state index contributed by atoms with van der Waals surface area (Å²) in [5, 5.41) is 40.9. The number of allylic oxidation sites excluding steroid dienone is 3. The van der Waals surface area contributed by atoms with Crippen molar-refractivity contribution in [2.75, 3.05) is 26.4 Å². The first kappa shape index (κ1) is 95.6. The lowest BCUT2D eigenvalue weighted by Gasteiger charge is -2.52. The molecule has 15 unspecified atom stereocenters. The van der Waals surface area contributed by atoms with Gasteiger partial charge in [-0.05, 0) is 343 Å². The van der Waals surface area contributed by atoms with E-state index in [2.05, 4.69) is 178 Å². The van der Waals surface area contributed by atoms with Crippen LogP contribution in [0.3, 0.4) is 0 Å². The molecule has 119 heavy (non-hydrogen) atoms. The van der Waals surface area contributed by atoms with Crippen molar-refractivity contribution in [1.29, 1.82) is 0 Å². The van der Waals surface area contributed by atoms with E-state index in [4.69, 9.17) is 23.7 Å². The number of Topliss-reactive ketones (excluding diaryl/α,β-unsaturated/α-hetero) is 1. The summed E-state index contributed by atoms with van der Waals surface area (Å²) < 4.78 is 30.1. The molecule has 23 atom stereocenters. The molecule has 4 N–H and O–H groups in total. The number of aliphatic hydroxyl groups excluding tert-OH is 2. The Balaban J connectivity index is 0.000000143. The van der Waals surface area contributed by atoms with Crippen molar-refractivity contribution < 1.29 is 58.5 Å². The molecule has 654 valence electrons. The van der Waals surface area contributed by atoms with Crippen molar-refractivity contribution in [1.82, 2.24) is 0 Å². The average Bonchev–Trinajstić information content (AvgIpc) is 1.58. The van der Waals surface area contributed by atoms with Crippen LogP contribution < -0.4 is 0 Å². The van der Waals surface area contributed by atoms with Crippen LogP contribution in [0.4, 0.5) is 0 Å². The molecule has 10 fully saturated rings. The number of carbonyl (C=O) groups is 3. The zero-order valence-corrected chi connectivity index (χ0v) is 75.5. The van der Waals surface area contributed by atoms with Gasteiger partial charge in [0.15, 0.2) is 17.4 Å². The normalized spacial score (nSPS) is 37.5. The Bertz CT molecular complexity index is 4510. The summed E-state index contributed by atoms with van der Waals surface area (Å²) >= 11 is 4.24. The van der Waals surface area contributed by atoms with Crippen molar-refractivity contribution in [3.8, 4) is 11.5 Å². The van der Waals surface area contributed by atoms with E-state index in [0.29, 0.717) is 101 Å². The summed E-state index contributed by atoms with van der Waals surface area (Å²) in [5.41, 5.74) is 18.8. The van der Waals surface area contributed by atoms with Crippen LogP contribution in [0.15, 0.2) is 115 Å². The van der Waals surface area contributed by atoms with Gasteiger partial charge in [0.2, 0.25) is 0 Å². The topological polar surface area (TPSA) is 178 Å². The Labute approximate surface area is 755 Å². The molecule has 12 nitrogen and oxygen atoms in total. The quantitative estimate of drug-likeness (QED) is 0.0710. The number of esters is 1. The minimum atomic E-state index is -0.989. The molecule has 15 aliphatic carbocycles. The number of aliphatic hydroxyl groups is 2. The van der Waals surface area contributed by atoms with E-state index in [-0.39, 0.29) is 106 Å². The van der Waals surface area contributed by atoms with Crippen LogP contribution in [0, 0.1) is 107 Å². The molecular formula is C104H145I3O12. The predicted molar refractivity (Wildman–Crippen MR) is 507 cm³/mol. The van der Waals surface area contributed by atoms with Crippen molar-refractivity contribution >= 4 is 78.7 Å². The lowest BCUT2D eigenvalue weighted by molar-refractivity contribution is -0.237. The molecule has 2 saturated heterocycles. The van der Waals surface area contributed by atoms with Crippen LogP contribution in [0.1, 0.15) is 303 Å². The van der Waals surface area contributed by atoms with Crippen LogP contribution in [0.5, 0.6) is 11.5 Å². The fourth-order valence-electron chi connectivity index (χ4n) is 28.9. The molecule has 0 aromatic heterocycles. The largest absolute Gasteiger partial charge is 0.508 e. The van der Waals surface area contributed by atoms with Gasteiger partial charge in [-0.2, -0.15) is 0 Å². The van der Waals surface area contributed by atoms with Gasteiger partial charge in [-0.3, -0.25) is 14.4 Å². The monoisotopic (exact) mass is 1970 g/mol. The molecule has 2 aliphatic heterocycles. The summed E-state index contributed by atoms with van der Waals surface area (Å²) in [6.07, 6.45) is 33.4. The van der Waals surface area contributed by atoms with E-state index in [9.17, 15) is 34.8 Å². The molecule has 0 bridgehead atoms. The number of hydrogen-bond donors (Lipinski definition) is 4. The molecule has 2 heterocycles. The third-order valence-electron chi connectivity index (χ3n) is 34.4. The molecule has 8 saturated carbocycles. The lowest BCUT2D eigenvalue weighted by atomic mass is 9.54. The lowest BCUT2D eigenvalue weighted by Crippen LogP contribution is -2.52. The van der Waals surface area contributed by atoms with Crippen LogP contribution in [-0.2, 0) is 70.2 Å². The van der Waals surface area contributed by atoms with Crippen molar-refractivity contribution in [3.05, 3.63) is 188 Å². The molecule has 15 heteroatoms. The van der Waals surface area contributed by atoms with E-state index in [1.54, 1.807) is 22.3 Å². The number of ether oxygens (including phenoxy) is 5. The van der Waals surface area contributed by atoms with E-state index in [1.165, 1.54) is 128 Å². The fourth-order valence-corrected chi connectivity index (χ4v) is 28.9. The maximum Gasteiger partial charge on any atom is 0.303 e. The van der Waals surface area contributed by atoms with Gasteiger partial charge >= 0.3 is 5.97 Å². The smallest absolute Gasteiger partial charge is 0.303 e. The van der Waals surface area contributed by atoms with Gasteiger partial charge in [-0.25, -0.2) is 0 Å². The van der Waals surface area contributed by atoms with E-state index >= 15 is 0 Å². The zero-order valence-electron chi connectivity index (χ0n) is 68.9. The average molecular weight is 1970 g/mol. The predicted octanol–water partition coefficient (Wildman–Crippen LogP) is 24.7. The number of benzene rings is 5. The summed E-state index contributed by atoms with van der Waals surface area (Å²) in [6.45, 7) is 22.3. The van der Waals surface area contributed by atoms with Gasteiger partial charge in [0.05, 0.1) is 32.5 Å². The number of carbonyl (C=O) groups excluding carboxylic acids is 3. The second-order valence-electron chi connectivity index (χ2n) is 39.5. The minimum Gasteiger partial charge on any atom is -0.508 e. The van der Waals surface area contributed by atoms with Crippen molar-refractivity contribution in [3.63, 3.8) is 0 Å². The van der Waals surface area contributed by atoms with Crippen molar-refractivity contribution in [2.45, 2.75) is 313 Å². The molecule has 0 radical (unpaired) electrons. The number of ketones is 2. The highest BCUT2D eigenvalue weighted by molar-refractivity contribution is 15.0. The summed E-state index contributed by atoms with van der Waals surface area (Å²) in [7, 11) is 0. The number of halogens is 3. The third-order valence-corrected chi connectivity index (χ3v) is 34.4. The number of fused-ring (bicyclic) bond motifs is 27. The molecular weight excluding hydrogens is 1820 g/mol. The number of aromatic hydroxyl groups is 2. The van der Waals surface area contributed by atoms with Gasteiger partial charge in [0.1, 0.15) is 29.5 Å². The fraction of sp³-hybridized carbons (Fsp3) is 0.644. The molecule has 0 amide bonds. The third kappa shape index (κ3) is 16.1. The Hall–Kier alpha value is -4.06. The highest BCUT2D eigenvalue weighted by atomic mass is 128. The van der Waals surface area contributed by atoms with Gasteiger partial charge in [-0.1, -0.05) is 167 Å². The molecule has 5 aromatic rings. The first-order valence-corrected chi connectivity index (χ1v) is 50.2. The van der Waals surface area contributed by atoms with Gasteiger partial charge in [-0.15, -0.1) is 24.0 Å². The summed E-state index contributed by atoms with van der Waals surface area (Å²) in [6, 6.07) is 32.7. The summed E-state index contributed by atoms with van der Waals surface area (Å²) in [5.74, 6) is 9.17. The van der Waals surface area contributed by atoms with Gasteiger partial charge in [0, 0.05) is 84.1 Å². The second kappa shape index (κ2) is 37.1.